The Bertz CT molecular complexity index is 171. The molecule has 0 aliphatic carbocycles. The molecule has 0 unspecified atom stereocenters. The van der Waals surface area contributed by atoms with Crippen LogP contribution in [0.1, 0.15) is 25.7 Å². The highest BCUT2D eigenvalue weighted by Crippen LogP contribution is 2.05. The van der Waals surface area contributed by atoms with E-state index in [2.05, 4.69) is 10.7 Å². The third-order valence-electron chi connectivity index (χ3n) is 2.21. The molecule has 1 rings (SSSR count). The highest BCUT2D eigenvalue weighted by Gasteiger charge is 2.11. The lowest BCUT2D eigenvalue weighted by Crippen LogP contribution is -2.49. The molecule has 0 atom stereocenters. The maximum absolute atomic E-state index is 11.3. The molecule has 1 heterocycles. The first-order valence-corrected chi connectivity index (χ1v) is 5.72. The summed E-state index contributed by atoms with van der Waals surface area (Å²) in [5, 5.41) is 4.73. The van der Waals surface area contributed by atoms with E-state index in [1.165, 1.54) is 19.3 Å². The maximum atomic E-state index is 11.3. The highest BCUT2D eigenvalue weighted by molar-refractivity contribution is 6.17. The maximum Gasteiger partial charge on any atom is 0.329 e. The van der Waals surface area contributed by atoms with Crippen molar-refractivity contribution in [2.24, 2.45) is 0 Å². The molecule has 0 bridgehead atoms. The number of nitrogens with one attached hydrogen (secondary N) is 2. The molecular formula is C9H18ClN3O. The van der Waals surface area contributed by atoms with E-state index >= 15 is 0 Å². The molecule has 0 radical (unpaired) electrons. The van der Waals surface area contributed by atoms with Crippen LogP contribution < -0.4 is 10.7 Å². The summed E-state index contributed by atoms with van der Waals surface area (Å²) in [7, 11) is 0. The minimum absolute atomic E-state index is 0.114. The number of carbonyl (C=O) groups excluding carboxylic acids is 1. The molecule has 5 heteroatoms. The smallest absolute Gasteiger partial charge is 0.329 e. The number of hydrazine groups is 1. The van der Waals surface area contributed by atoms with Crippen molar-refractivity contribution in [3.8, 4) is 0 Å². The third-order valence-corrected chi connectivity index (χ3v) is 2.48. The lowest BCUT2D eigenvalue weighted by molar-refractivity contribution is 0.155. The number of carbonyl (C=O) groups is 1. The Morgan fingerprint density at radius 1 is 1.29 bits per heavy atom. The van der Waals surface area contributed by atoms with Crippen molar-refractivity contribution in [1.29, 1.82) is 0 Å². The number of hydrogen-bond acceptors (Lipinski definition) is 2. The number of piperidine rings is 1. The zero-order valence-corrected chi connectivity index (χ0v) is 9.15. The van der Waals surface area contributed by atoms with Gasteiger partial charge in [0.1, 0.15) is 0 Å². The number of alkyl halides is 1. The quantitative estimate of drug-likeness (QED) is 0.553. The Hall–Kier alpha value is -0.480. The molecule has 0 aromatic heterocycles. The number of urea groups is 1. The first-order chi connectivity index (χ1) is 6.83. The Labute approximate surface area is 89.9 Å². The van der Waals surface area contributed by atoms with Gasteiger partial charge in [-0.1, -0.05) is 6.42 Å². The van der Waals surface area contributed by atoms with Crippen LogP contribution in [0.5, 0.6) is 0 Å². The van der Waals surface area contributed by atoms with Gasteiger partial charge in [0.2, 0.25) is 0 Å². The third kappa shape index (κ3) is 4.67. The fourth-order valence-electron chi connectivity index (χ4n) is 1.46. The molecule has 0 spiro atoms. The van der Waals surface area contributed by atoms with Crippen LogP contribution in [-0.4, -0.2) is 36.6 Å². The van der Waals surface area contributed by atoms with Crippen LogP contribution in [0.25, 0.3) is 0 Å². The molecule has 0 aromatic carbocycles. The predicted molar refractivity (Wildman–Crippen MR) is 57.3 cm³/mol. The number of rotatable bonds is 4. The normalized spacial score (nSPS) is 17.8. The molecule has 0 aromatic rings. The van der Waals surface area contributed by atoms with E-state index in [0.717, 1.165) is 19.5 Å². The van der Waals surface area contributed by atoms with Gasteiger partial charge in [0, 0.05) is 25.5 Å². The largest absolute Gasteiger partial charge is 0.337 e. The van der Waals surface area contributed by atoms with E-state index in [1.54, 1.807) is 0 Å². The van der Waals surface area contributed by atoms with Gasteiger partial charge in [-0.3, -0.25) is 5.43 Å². The average Bonchev–Trinajstić information content (AvgIpc) is 2.20. The fourth-order valence-corrected chi connectivity index (χ4v) is 1.59. The lowest BCUT2D eigenvalue weighted by atomic mass is 10.2. The van der Waals surface area contributed by atoms with Crippen molar-refractivity contribution in [1.82, 2.24) is 15.8 Å². The number of nitrogens with zero attached hydrogens (tertiary/aromatic N) is 1. The van der Waals surface area contributed by atoms with Gasteiger partial charge in [-0.2, -0.15) is 0 Å². The zero-order valence-electron chi connectivity index (χ0n) is 8.39. The first-order valence-electron chi connectivity index (χ1n) is 5.18. The van der Waals surface area contributed by atoms with Gasteiger partial charge in [-0.05, 0) is 19.3 Å². The predicted octanol–water partition coefficient (Wildman–Crippen LogP) is 1.32. The number of halogens is 1. The van der Waals surface area contributed by atoms with Gasteiger partial charge in [0.05, 0.1) is 0 Å². The minimum atomic E-state index is -0.114. The van der Waals surface area contributed by atoms with Gasteiger partial charge in [-0.25, -0.2) is 9.80 Å². The van der Waals surface area contributed by atoms with E-state index in [1.807, 2.05) is 5.01 Å². The van der Waals surface area contributed by atoms with Crippen LogP contribution >= 0.6 is 11.6 Å². The molecule has 0 saturated carbocycles. The second-order valence-corrected chi connectivity index (χ2v) is 3.84. The fraction of sp³-hybridized carbons (Fsp3) is 0.889. The SMILES string of the molecule is O=C(NCCCCl)NN1CCCCC1. The van der Waals surface area contributed by atoms with Crippen molar-refractivity contribution < 1.29 is 4.79 Å². The van der Waals surface area contributed by atoms with Crippen LogP contribution in [0.2, 0.25) is 0 Å². The molecule has 1 aliphatic heterocycles. The summed E-state index contributed by atoms with van der Waals surface area (Å²) < 4.78 is 0. The molecule has 2 N–H and O–H groups in total. The van der Waals surface area contributed by atoms with E-state index in [9.17, 15) is 4.79 Å². The van der Waals surface area contributed by atoms with E-state index in [0.29, 0.717) is 12.4 Å². The van der Waals surface area contributed by atoms with Crippen LogP contribution in [0.4, 0.5) is 4.79 Å². The summed E-state index contributed by atoms with van der Waals surface area (Å²) in [6.45, 7) is 2.56. The lowest BCUT2D eigenvalue weighted by Gasteiger charge is -2.26. The van der Waals surface area contributed by atoms with Crippen molar-refractivity contribution >= 4 is 17.6 Å². The summed E-state index contributed by atoms with van der Waals surface area (Å²) in [6, 6.07) is -0.114. The molecular weight excluding hydrogens is 202 g/mol. The molecule has 1 fully saturated rings. The average molecular weight is 220 g/mol. The Balaban J connectivity index is 2.06. The topological polar surface area (TPSA) is 44.4 Å². The van der Waals surface area contributed by atoms with Crippen LogP contribution in [0.15, 0.2) is 0 Å². The zero-order chi connectivity index (χ0) is 10.2. The molecule has 14 heavy (non-hydrogen) atoms. The summed E-state index contributed by atoms with van der Waals surface area (Å²) in [4.78, 5) is 11.3. The molecule has 1 saturated heterocycles. The highest BCUT2D eigenvalue weighted by atomic mass is 35.5. The monoisotopic (exact) mass is 219 g/mol. The van der Waals surface area contributed by atoms with Crippen molar-refractivity contribution in [3.63, 3.8) is 0 Å². The van der Waals surface area contributed by atoms with Gasteiger partial charge in [0.15, 0.2) is 0 Å². The summed E-state index contributed by atoms with van der Waals surface area (Å²) in [6.07, 6.45) is 4.42. The Morgan fingerprint density at radius 3 is 2.64 bits per heavy atom. The number of amides is 2. The van der Waals surface area contributed by atoms with Gasteiger partial charge >= 0.3 is 6.03 Å². The van der Waals surface area contributed by atoms with Crippen LogP contribution in [0.3, 0.4) is 0 Å². The van der Waals surface area contributed by atoms with Crippen molar-refractivity contribution in [3.05, 3.63) is 0 Å². The van der Waals surface area contributed by atoms with Gasteiger partial charge in [0.25, 0.3) is 0 Å². The molecule has 82 valence electrons. The molecule has 1 aliphatic rings. The Morgan fingerprint density at radius 2 is 2.00 bits per heavy atom. The van der Waals surface area contributed by atoms with Crippen molar-refractivity contribution in [2.45, 2.75) is 25.7 Å². The Kier molecular flexibility index (Phi) is 5.71. The van der Waals surface area contributed by atoms with Gasteiger partial charge < -0.3 is 5.32 Å². The minimum Gasteiger partial charge on any atom is -0.337 e. The standard InChI is InChI=1S/C9H18ClN3O/c10-5-4-6-11-9(14)12-13-7-2-1-3-8-13/h1-8H2,(H2,11,12,14). The second kappa shape index (κ2) is 6.90. The van der Waals surface area contributed by atoms with Crippen LogP contribution in [0, 0.1) is 0 Å². The summed E-state index contributed by atoms with van der Waals surface area (Å²) in [5.74, 6) is 0.587. The summed E-state index contributed by atoms with van der Waals surface area (Å²) >= 11 is 5.49. The summed E-state index contributed by atoms with van der Waals surface area (Å²) in [5.41, 5.74) is 2.82. The van der Waals surface area contributed by atoms with Crippen molar-refractivity contribution in [2.75, 3.05) is 25.5 Å². The molecule has 2 amide bonds. The van der Waals surface area contributed by atoms with E-state index in [-0.39, 0.29) is 6.03 Å². The van der Waals surface area contributed by atoms with Gasteiger partial charge in [-0.15, -0.1) is 11.6 Å². The van der Waals surface area contributed by atoms with E-state index in [4.69, 9.17) is 11.6 Å². The number of hydrogen-bond donors (Lipinski definition) is 2. The first kappa shape index (κ1) is 11.6. The van der Waals surface area contributed by atoms with E-state index < -0.39 is 0 Å². The molecule has 4 nitrogen and oxygen atoms in total. The second-order valence-electron chi connectivity index (χ2n) is 3.46. The van der Waals surface area contributed by atoms with Crippen LogP contribution in [-0.2, 0) is 0 Å².